The third kappa shape index (κ3) is 2.70. The molecule has 5 aliphatic rings. The molecule has 5 rings (SSSR count). The summed E-state index contributed by atoms with van der Waals surface area (Å²) in [5, 5.41) is 58.9. The molecule has 150 valence electrons. The topological polar surface area (TPSA) is 168 Å². The number of fused-ring (bicyclic) bond motifs is 2. The zero-order valence-corrected chi connectivity index (χ0v) is 14.1. The Hall–Kier alpha value is -0.150. The first-order valence-electron chi connectivity index (χ1n) is 8.28. The van der Waals surface area contributed by atoms with Gasteiger partial charge in [0.2, 0.25) is 5.79 Å². The third-order valence-electron chi connectivity index (χ3n) is 5.52. The number of aliphatic hydroxyl groups is 6. The molecule has 12 atom stereocenters. The minimum Gasteiger partial charge on any atom is -0.394 e. The molecular weight excluding hydrogens is 380 g/mol. The Morgan fingerprint density at radius 1 is 1.00 bits per heavy atom. The highest BCUT2D eigenvalue weighted by molar-refractivity contribution is 6.22. The van der Waals surface area contributed by atoms with Gasteiger partial charge < -0.3 is 44.8 Å². The summed E-state index contributed by atoms with van der Waals surface area (Å²) in [6, 6.07) is 0. The normalized spacial score (nSPS) is 59.4. The largest absolute Gasteiger partial charge is 0.394 e. The molecule has 0 spiro atoms. The Morgan fingerprint density at radius 2 is 1.73 bits per heavy atom. The van der Waals surface area contributed by atoms with Crippen LogP contribution in [0.25, 0.3) is 0 Å². The Bertz CT molecular complexity index is 537. The molecule has 0 aromatic rings. The molecule has 4 aliphatic heterocycles. The van der Waals surface area contributed by atoms with Gasteiger partial charge in [0.1, 0.15) is 29.8 Å². The molecule has 11 nitrogen and oxygen atoms in total. The molecular formula is C14H21ClO11. The smallest absolute Gasteiger partial charge is 0.226 e. The zero-order valence-electron chi connectivity index (χ0n) is 13.4. The van der Waals surface area contributed by atoms with E-state index in [0.717, 1.165) is 0 Å². The Labute approximate surface area is 152 Å². The molecule has 0 amide bonds. The van der Waals surface area contributed by atoms with E-state index in [0.29, 0.717) is 0 Å². The van der Waals surface area contributed by atoms with E-state index in [-0.39, 0.29) is 6.42 Å². The maximum atomic E-state index is 10.8. The van der Waals surface area contributed by atoms with Crippen LogP contribution >= 0.6 is 11.6 Å². The van der Waals surface area contributed by atoms with Crippen molar-refractivity contribution in [2.75, 3.05) is 6.61 Å². The second-order valence-electron chi connectivity index (χ2n) is 7.02. The van der Waals surface area contributed by atoms with Crippen molar-refractivity contribution < 1.29 is 54.6 Å². The van der Waals surface area contributed by atoms with E-state index >= 15 is 0 Å². The maximum Gasteiger partial charge on any atom is 0.226 e. The quantitative estimate of drug-likeness (QED) is 0.208. The van der Waals surface area contributed by atoms with Gasteiger partial charge in [0.25, 0.3) is 0 Å². The monoisotopic (exact) mass is 400 g/mol. The summed E-state index contributed by atoms with van der Waals surface area (Å²) in [6.07, 6.45) is -10.6. The van der Waals surface area contributed by atoms with Crippen molar-refractivity contribution in [3.05, 3.63) is 0 Å². The minimum absolute atomic E-state index is 0.200. The summed E-state index contributed by atoms with van der Waals surface area (Å²) in [5.41, 5.74) is 0. The van der Waals surface area contributed by atoms with Crippen LogP contribution in [0.5, 0.6) is 0 Å². The average Bonchev–Trinajstić information content (AvgIpc) is 2.77. The average molecular weight is 401 g/mol. The Morgan fingerprint density at radius 3 is 2.42 bits per heavy atom. The SMILES string of the molecule is OCC1OC(OC2OC3CC4C(O)C(Cl)C(O)(OO3)C24)C(O)C(O)C1O. The number of aliphatic hydroxyl groups excluding tert-OH is 5. The zero-order chi connectivity index (χ0) is 18.8. The fraction of sp³-hybridized carbons (Fsp3) is 1.00. The van der Waals surface area contributed by atoms with Gasteiger partial charge in [0.05, 0.1) is 18.6 Å². The van der Waals surface area contributed by atoms with E-state index < -0.39 is 79.0 Å². The van der Waals surface area contributed by atoms with Crippen LogP contribution in [0, 0.1) is 11.8 Å². The van der Waals surface area contributed by atoms with Gasteiger partial charge in [0.15, 0.2) is 18.9 Å². The summed E-state index contributed by atoms with van der Waals surface area (Å²) in [7, 11) is 0. The first-order chi connectivity index (χ1) is 12.3. The highest BCUT2D eigenvalue weighted by Crippen LogP contribution is 2.54. The lowest BCUT2D eigenvalue weighted by Crippen LogP contribution is -2.61. The standard InChI is InChI=1S/C14H21ClO11/c15-11-7(17)3-1-5-23-12(6(3)14(11,21)26-25-5)24-13-10(20)9(19)8(18)4(2-16)22-13/h3-13,16-21H,1-2H2. The van der Waals surface area contributed by atoms with E-state index in [1.807, 2.05) is 0 Å². The summed E-state index contributed by atoms with van der Waals surface area (Å²) in [5.74, 6) is -3.64. The van der Waals surface area contributed by atoms with Crippen molar-refractivity contribution in [3.63, 3.8) is 0 Å². The van der Waals surface area contributed by atoms with Crippen LogP contribution in [0.2, 0.25) is 0 Å². The number of hydrogen-bond acceptors (Lipinski definition) is 11. The summed E-state index contributed by atoms with van der Waals surface area (Å²) in [4.78, 5) is 10.00. The highest BCUT2D eigenvalue weighted by atomic mass is 35.5. The van der Waals surface area contributed by atoms with Gasteiger partial charge >= 0.3 is 0 Å². The highest BCUT2D eigenvalue weighted by Gasteiger charge is 2.69. The molecule has 0 radical (unpaired) electrons. The number of alkyl halides is 1. The lowest BCUT2D eigenvalue weighted by atomic mass is 9.86. The molecule has 4 saturated heterocycles. The summed E-state index contributed by atoms with van der Waals surface area (Å²) < 4.78 is 16.4. The molecule has 0 aromatic carbocycles. The van der Waals surface area contributed by atoms with Crippen molar-refractivity contribution in [2.45, 2.75) is 67.0 Å². The third-order valence-corrected chi connectivity index (χ3v) is 6.09. The van der Waals surface area contributed by atoms with E-state index in [1.54, 1.807) is 0 Å². The molecule has 26 heavy (non-hydrogen) atoms. The van der Waals surface area contributed by atoms with E-state index in [2.05, 4.69) is 0 Å². The van der Waals surface area contributed by atoms with Crippen molar-refractivity contribution >= 4 is 11.6 Å². The molecule has 4 bridgehead atoms. The van der Waals surface area contributed by atoms with Gasteiger partial charge in [-0.2, -0.15) is 4.89 Å². The lowest BCUT2D eigenvalue weighted by molar-refractivity contribution is -0.450. The molecule has 12 unspecified atom stereocenters. The first-order valence-corrected chi connectivity index (χ1v) is 8.72. The number of hydrogen-bond donors (Lipinski definition) is 6. The second-order valence-corrected chi connectivity index (χ2v) is 7.49. The van der Waals surface area contributed by atoms with Crippen LogP contribution < -0.4 is 0 Å². The fourth-order valence-corrected chi connectivity index (χ4v) is 4.45. The summed E-state index contributed by atoms with van der Waals surface area (Å²) >= 11 is 6.09. The molecule has 12 heteroatoms. The van der Waals surface area contributed by atoms with Crippen molar-refractivity contribution in [1.29, 1.82) is 0 Å². The van der Waals surface area contributed by atoms with Gasteiger partial charge in [0, 0.05) is 12.3 Å². The molecule has 1 saturated carbocycles. The number of rotatable bonds is 3. The lowest BCUT2D eigenvalue weighted by Gasteiger charge is -2.43. The van der Waals surface area contributed by atoms with Gasteiger partial charge in [-0.1, -0.05) is 0 Å². The van der Waals surface area contributed by atoms with Crippen LogP contribution in [0.1, 0.15) is 6.42 Å². The maximum absolute atomic E-state index is 10.8. The number of halogens is 1. The molecule has 5 fully saturated rings. The van der Waals surface area contributed by atoms with Crippen LogP contribution in [0.3, 0.4) is 0 Å². The Balaban J connectivity index is 1.57. The molecule has 1 aliphatic carbocycles. The van der Waals surface area contributed by atoms with Crippen molar-refractivity contribution in [3.8, 4) is 0 Å². The van der Waals surface area contributed by atoms with Crippen molar-refractivity contribution in [1.82, 2.24) is 0 Å². The second kappa shape index (κ2) is 6.72. The van der Waals surface area contributed by atoms with Gasteiger partial charge in [-0.3, -0.25) is 0 Å². The molecule has 4 heterocycles. The molecule has 6 N–H and O–H groups in total. The van der Waals surface area contributed by atoms with Crippen molar-refractivity contribution in [2.24, 2.45) is 11.8 Å². The fourth-order valence-electron chi connectivity index (χ4n) is 4.08. The van der Waals surface area contributed by atoms with E-state index in [9.17, 15) is 30.6 Å². The van der Waals surface area contributed by atoms with Crippen LogP contribution in [-0.4, -0.2) is 97.8 Å². The van der Waals surface area contributed by atoms with E-state index in [4.69, 9.17) is 35.6 Å². The van der Waals surface area contributed by atoms with Gasteiger partial charge in [-0.25, -0.2) is 4.89 Å². The predicted molar refractivity (Wildman–Crippen MR) is 77.9 cm³/mol. The van der Waals surface area contributed by atoms with Crippen LogP contribution in [0.4, 0.5) is 0 Å². The minimum atomic E-state index is -2.10. The van der Waals surface area contributed by atoms with Gasteiger partial charge in [-0.15, -0.1) is 11.6 Å². The first kappa shape index (κ1) is 19.2. The van der Waals surface area contributed by atoms with E-state index in [1.165, 1.54) is 0 Å². The van der Waals surface area contributed by atoms with Gasteiger partial charge in [-0.05, 0) is 0 Å². The predicted octanol–water partition coefficient (Wildman–Crippen LogP) is -3.26. The van der Waals surface area contributed by atoms with Crippen LogP contribution in [0.15, 0.2) is 0 Å². The summed E-state index contributed by atoms with van der Waals surface area (Å²) in [6.45, 7) is -0.621. The van der Waals surface area contributed by atoms with Crippen LogP contribution in [-0.2, 0) is 24.0 Å². The molecule has 0 aromatic heterocycles. The Kier molecular flexibility index (Phi) is 4.96. The number of ether oxygens (including phenoxy) is 3.